The van der Waals surface area contributed by atoms with E-state index < -0.39 is 28.7 Å². The maximum Gasteiger partial charge on any atom is 0.248 e. The van der Waals surface area contributed by atoms with Crippen molar-refractivity contribution in [3.8, 4) is 11.5 Å². The van der Waals surface area contributed by atoms with Crippen LogP contribution in [0.25, 0.3) is 0 Å². The first-order valence-electron chi connectivity index (χ1n) is 13.9. The topological polar surface area (TPSA) is 117 Å². The summed E-state index contributed by atoms with van der Waals surface area (Å²) >= 11 is 5.35. The minimum Gasteiger partial charge on any atom is -0.497 e. The first kappa shape index (κ1) is 29.7. The lowest BCUT2D eigenvalue weighted by molar-refractivity contribution is -0.142. The molecule has 11 heteroatoms. The van der Waals surface area contributed by atoms with Crippen LogP contribution < -0.4 is 20.1 Å². The van der Waals surface area contributed by atoms with Gasteiger partial charge in [0.1, 0.15) is 17.5 Å². The zero-order valence-corrected chi connectivity index (χ0v) is 25.9. The van der Waals surface area contributed by atoms with Crippen LogP contribution in [-0.2, 0) is 14.4 Å². The fourth-order valence-electron chi connectivity index (χ4n) is 6.56. The Morgan fingerprint density at radius 3 is 2.20 bits per heavy atom. The molecule has 2 aromatic rings. The van der Waals surface area contributed by atoms with E-state index in [4.69, 9.17) is 9.47 Å². The SMILES string of the molecule is CCOc1ccc(NC(=O)[C@H]2[C@@H]3SC4(CC3Br)C(C(=O)Nc3ccc(OC)cc3)N([C@@H](CO)C(C)C)C(=O)[C@H]24)cc1. The number of thioether (sulfide) groups is 1. The summed E-state index contributed by atoms with van der Waals surface area (Å²) < 4.78 is 9.91. The summed E-state index contributed by atoms with van der Waals surface area (Å²) in [5, 5.41) is 16.2. The molecule has 3 unspecified atom stereocenters. The molecule has 2 bridgehead atoms. The first-order chi connectivity index (χ1) is 19.6. The van der Waals surface area contributed by atoms with Crippen LogP contribution >= 0.6 is 27.7 Å². The molecule has 3 amide bonds. The molecule has 0 radical (unpaired) electrons. The number of amides is 3. The van der Waals surface area contributed by atoms with E-state index in [-0.39, 0.29) is 40.3 Å². The number of nitrogens with zero attached hydrogens (tertiary/aromatic N) is 1. The van der Waals surface area contributed by atoms with Gasteiger partial charge in [0.2, 0.25) is 17.7 Å². The molecule has 9 nitrogen and oxygen atoms in total. The monoisotopic (exact) mass is 645 g/mol. The molecule has 220 valence electrons. The molecule has 1 spiro atoms. The Labute approximate surface area is 252 Å². The highest BCUT2D eigenvalue weighted by Crippen LogP contribution is 2.68. The van der Waals surface area contributed by atoms with E-state index in [0.29, 0.717) is 35.9 Å². The van der Waals surface area contributed by atoms with Gasteiger partial charge in [0.05, 0.1) is 42.9 Å². The Morgan fingerprint density at radius 2 is 1.66 bits per heavy atom. The van der Waals surface area contributed by atoms with E-state index in [9.17, 15) is 19.5 Å². The molecule has 3 aliphatic heterocycles. The number of methoxy groups -OCH3 is 1. The van der Waals surface area contributed by atoms with Crippen molar-refractivity contribution in [3.63, 3.8) is 0 Å². The molecule has 3 saturated heterocycles. The van der Waals surface area contributed by atoms with Gasteiger partial charge in [0.25, 0.3) is 0 Å². The lowest BCUT2D eigenvalue weighted by atomic mass is 9.70. The number of carbonyl (C=O) groups is 3. The Kier molecular flexibility index (Phi) is 8.59. The third-order valence-corrected chi connectivity index (χ3v) is 11.6. The van der Waals surface area contributed by atoms with Crippen LogP contribution in [0.2, 0.25) is 0 Å². The fourth-order valence-corrected chi connectivity index (χ4v) is 10.2. The summed E-state index contributed by atoms with van der Waals surface area (Å²) in [4.78, 5) is 43.8. The summed E-state index contributed by atoms with van der Waals surface area (Å²) in [6, 6.07) is 12.7. The summed E-state index contributed by atoms with van der Waals surface area (Å²) in [5.74, 6) is -0.923. The average molecular weight is 647 g/mol. The van der Waals surface area contributed by atoms with Crippen molar-refractivity contribution in [2.75, 3.05) is 31.0 Å². The number of fused-ring (bicyclic) bond motifs is 1. The maximum atomic E-state index is 14.3. The summed E-state index contributed by atoms with van der Waals surface area (Å²) in [6.45, 7) is 6.01. The highest BCUT2D eigenvalue weighted by atomic mass is 79.9. The van der Waals surface area contributed by atoms with Crippen LogP contribution in [0.3, 0.4) is 0 Å². The first-order valence-corrected chi connectivity index (χ1v) is 15.7. The quantitative estimate of drug-likeness (QED) is 0.332. The van der Waals surface area contributed by atoms with E-state index in [0.717, 1.165) is 0 Å². The number of carbonyl (C=O) groups excluding carboxylic acids is 3. The number of anilines is 2. The molecular formula is C30H36BrN3O6S. The van der Waals surface area contributed by atoms with Gasteiger partial charge in [-0.3, -0.25) is 14.4 Å². The smallest absolute Gasteiger partial charge is 0.248 e. The van der Waals surface area contributed by atoms with Gasteiger partial charge < -0.3 is 30.1 Å². The number of ether oxygens (including phenoxy) is 2. The lowest BCUT2D eigenvalue weighted by Gasteiger charge is -2.38. The van der Waals surface area contributed by atoms with Gasteiger partial charge in [-0.25, -0.2) is 0 Å². The number of rotatable bonds is 10. The second kappa shape index (κ2) is 11.9. The van der Waals surface area contributed by atoms with Crippen LogP contribution in [-0.4, -0.2) is 75.0 Å². The standard InChI is InChI=1S/C30H36BrN3O6S/c1-5-40-20-12-8-17(9-13-20)32-27(36)23-24-29(38)34(22(15-35)16(2)3)26(30(24)14-21(31)25(23)41-30)28(37)33-18-6-10-19(39-4)11-7-18/h6-13,16,21-26,35H,5,14-15H2,1-4H3,(H,32,36)(H,33,37)/t21?,22-,23+,24-,25+,26?,30?/m0/s1. The number of likely N-dealkylation sites (tertiary alicyclic amines) is 1. The van der Waals surface area contributed by atoms with Crippen LogP contribution in [0.1, 0.15) is 27.2 Å². The van der Waals surface area contributed by atoms with Crippen LogP contribution in [0.4, 0.5) is 11.4 Å². The number of hydrogen-bond donors (Lipinski definition) is 3. The van der Waals surface area contributed by atoms with Gasteiger partial charge in [0, 0.05) is 21.5 Å². The predicted molar refractivity (Wildman–Crippen MR) is 163 cm³/mol. The molecule has 3 N–H and O–H groups in total. The molecule has 7 atom stereocenters. The number of aliphatic hydroxyl groups is 1. The van der Waals surface area contributed by atoms with Crippen molar-refractivity contribution in [1.29, 1.82) is 0 Å². The molecular weight excluding hydrogens is 610 g/mol. The number of hydrogen-bond acceptors (Lipinski definition) is 7. The second-order valence-electron chi connectivity index (χ2n) is 11.1. The molecule has 0 aliphatic carbocycles. The van der Waals surface area contributed by atoms with E-state index in [2.05, 4.69) is 26.6 Å². The molecule has 2 aromatic carbocycles. The summed E-state index contributed by atoms with van der Waals surface area (Å²) in [5.41, 5.74) is 1.18. The number of halogens is 1. The van der Waals surface area contributed by atoms with Gasteiger partial charge >= 0.3 is 0 Å². The third-order valence-electron chi connectivity index (χ3n) is 8.38. The highest BCUT2D eigenvalue weighted by molar-refractivity contribution is 9.09. The van der Waals surface area contributed by atoms with Gasteiger partial charge in [-0.15, -0.1) is 11.8 Å². The molecule has 41 heavy (non-hydrogen) atoms. The Morgan fingerprint density at radius 1 is 1.07 bits per heavy atom. The van der Waals surface area contributed by atoms with Crippen molar-refractivity contribution in [2.45, 2.75) is 54.1 Å². The van der Waals surface area contributed by atoms with Gasteiger partial charge in [-0.05, 0) is 67.8 Å². The molecule has 3 fully saturated rings. The predicted octanol–water partition coefficient (Wildman–Crippen LogP) is 4.15. The third kappa shape index (κ3) is 5.21. The lowest BCUT2D eigenvalue weighted by Crippen LogP contribution is -2.56. The van der Waals surface area contributed by atoms with Gasteiger partial charge in [-0.2, -0.15) is 0 Å². The minimum atomic E-state index is -0.861. The number of aliphatic hydroxyl groups excluding tert-OH is 1. The number of nitrogens with one attached hydrogen (secondary N) is 2. The van der Waals surface area contributed by atoms with Gasteiger partial charge in [0.15, 0.2) is 0 Å². The fraction of sp³-hybridized carbons (Fsp3) is 0.500. The van der Waals surface area contributed by atoms with E-state index in [1.165, 1.54) is 0 Å². The normalized spacial score (nSPS) is 28.9. The second-order valence-corrected chi connectivity index (χ2v) is 13.8. The van der Waals surface area contributed by atoms with Gasteiger partial charge in [-0.1, -0.05) is 29.8 Å². The summed E-state index contributed by atoms with van der Waals surface area (Å²) in [6.07, 6.45) is 0.555. The number of alkyl halides is 1. The Balaban J connectivity index is 1.48. The van der Waals surface area contributed by atoms with E-state index in [1.807, 2.05) is 20.8 Å². The van der Waals surface area contributed by atoms with Crippen molar-refractivity contribution < 1.29 is 29.0 Å². The molecule has 0 aromatic heterocycles. The zero-order valence-electron chi connectivity index (χ0n) is 23.5. The molecule has 3 aliphatic rings. The largest absolute Gasteiger partial charge is 0.497 e. The Bertz CT molecular complexity index is 1290. The maximum absolute atomic E-state index is 14.3. The minimum absolute atomic E-state index is 0.0597. The van der Waals surface area contributed by atoms with E-state index >= 15 is 0 Å². The van der Waals surface area contributed by atoms with Crippen molar-refractivity contribution in [3.05, 3.63) is 48.5 Å². The highest BCUT2D eigenvalue weighted by Gasteiger charge is 2.76. The van der Waals surface area contributed by atoms with Crippen molar-refractivity contribution in [2.24, 2.45) is 17.8 Å². The molecule has 3 heterocycles. The van der Waals surface area contributed by atoms with Crippen LogP contribution in [0.5, 0.6) is 11.5 Å². The van der Waals surface area contributed by atoms with Crippen LogP contribution in [0.15, 0.2) is 48.5 Å². The van der Waals surface area contributed by atoms with E-state index in [1.54, 1.807) is 72.3 Å². The zero-order chi connectivity index (χ0) is 29.5. The number of benzene rings is 2. The van der Waals surface area contributed by atoms with Crippen LogP contribution in [0, 0.1) is 17.8 Å². The molecule has 0 saturated carbocycles. The Hall–Kier alpha value is -2.76. The summed E-state index contributed by atoms with van der Waals surface area (Å²) in [7, 11) is 1.57. The van der Waals surface area contributed by atoms with Crippen molar-refractivity contribution >= 4 is 56.8 Å². The van der Waals surface area contributed by atoms with Crippen molar-refractivity contribution in [1.82, 2.24) is 4.90 Å². The average Bonchev–Trinajstić information content (AvgIpc) is 3.54. The molecule has 5 rings (SSSR count).